The van der Waals surface area contributed by atoms with Gasteiger partial charge in [-0.05, 0) is 81.4 Å². The van der Waals surface area contributed by atoms with Crippen molar-refractivity contribution in [2.75, 3.05) is 4.90 Å². The fourth-order valence-corrected chi connectivity index (χ4v) is 10.2. The van der Waals surface area contributed by atoms with E-state index in [1.807, 2.05) is 6.07 Å². The molecule has 55 heavy (non-hydrogen) atoms. The second-order valence-electron chi connectivity index (χ2n) is 15.6. The summed E-state index contributed by atoms with van der Waals surface area (Å²) in [6.45, 7) is 4.71. The lowest BCUT2D eigenvalue weighted by Crippen LogP contribution is -2.32. The van der Waals surface area contributed by atoms with Crippen molar-refractivity contribution in [1.82, 2.24) is 0 Å². The molecule has 260 valence electrons. The topological polar surface area (TPSA) is 25.6 Å². The highest BCUT2D eigenvalue weighted by molar-refractivity contribution is 6.11. The first-order valence-electron chi connectivity index (χ1n) is 19.1. The number of benzene rings is 8. The number of hydrogen-bond donors (Lipinski definition) is 0. The fraction of sp³-hybridized carbons (Fsp3) is 0.0769. The molecule has 1 spiro atoms. The Morgan fingerprint density at radius 2 is 1.02 bits per heavy atom. The van der Waals surface area contributed by atoms with E-state index in [1.165, 1.54) is 44.5 Å². The Labute approximate surface area is 319 Å². The van der Waals surface area contributed by atoms with E-state index in [4.69, 9.17) is 9.15 Å². The van der Waals surface area contributed by atoms with Crippen LogP contribution in [0.25, 0.3) is 44.2 Å². The lowest BCUT2D eigenvalue weighted by atomic mass is 9.66. The SMILES string of the molecule is CC1(C)c2ccccc2-c2ccc(N(c3cccc4c3-c3ccccc3C43c4ccccc4Oc4ccccc43)c3cccc4c3oc3ccccc34)cc21. The van der Waals surface area contributed by atoms with E-state index in [-0.39, 0.29) is 5.41 Å². The van der Waals surface area contributed by atoms with Gasteiger partial charge < -0.3 is 14.1 Å². The van der Waals surface area contributed by atoms with Gasteiger partial charge in [0.2, 0.25) is 0 Å². The minimum atomic E-state index is -0.577. The largest absolute Gasteiger partial charge is 0.457 e. The van der Waals surface area contributed by atoms with Gasteiger partial charge in [0.1, 0.15) is 17.1 Å². The molecule has 0 atom stereocenters. The fourth-order valence-electron chi connectivity index (χ4n) is 10.2. The maximum atomic E-state index is 6.83. The normalized spacial score (nSPS) is 14.8. The number of para-hydroxylation sites is 4. The standard InChI is InChI=1S/C52H35NO2/c1-51(2)38-19-6-3-15-33(38)34-30-29-32(31-43(34)51)53(45-25-13-18-36-35-16-5-10-26-46(35)55-50(36)45)44-24-14-23-42-49(44)37-17-4-7-20-39(37)52(42)40-21-8-11-27-47(40)54-48-28-12-9-22-41(48)52/h3-31H,1-2H3. The van der Waals surface area contributed by atoms with Crippen molar-refractivity contribution in [2.45, 2.75) is 24.7 Å². The van der Waals surface area contributed by atoms with E-state index in [1.54, 1.807) is 0 Å². The first-order chi connectivity index (χ1) is 27.0. The predicted octanol–water partition coefficient (Wildman–Crippen LogP) is 13.8. The Kier molecular flexibility index (Phi) is 6.05. The maximum absolute atomic E-state index is 6.83. The van der Waals surface area contributed by atoms with Crippen molar-refractivity contribution in [1.29, 1.82) is 0 Å². The molecule has 8 aromatic carbocycles. The second-order valence-corrected chi connectivity index (χ2v) is 15.6. The highest BCUT2D eigenvalue weighted by Crippen LogP contribution is 2.64. The van der Waals surface area contributed by atoms with Gasteiger partial charge in [-0.2, -0.15) is 0 Å². The summed E-state index contributed by atoms with van der Waals surface area (Å²) in [5.74, 6) is 1.78. The molecule has 12 rings (SSSR count). The summed E-state index contributed by atoms with van der Waals surface area (Å²) < 4.78 is 13.5. The zero-order valence-electron chi connectivity index (χ0n) is 30.5. The van der Waals surface area contributed by atoms with Crippen molar-refractivity contribution in [3.8, 4) is 33.8 Å². The molecule has 0 bridgehead atoms. The van der Waals surface area contributed by atoms with Crippen LogP contribution >= 0.6 is 0 Å². The minimum absolute atomic E-state index is 0.163. The number of rotatable bonds is 3. The minimum Gasteiger partial charge on any atom is -0.457 e. The van der Waals surface area contributed by atoms with E-state index >= 15 is 0 Å². The third kappa shape index (κ3) is 3.89. The average Bonchev–Trinajstić information content (AvgIpc) is 3.83. The van der Waals surface area contributed by atoms with Gasteiger partial charge in [-0.1, -0.05) is 147 Å². The molecular weight excluding hydrogens is 671 g/mol. The molecule has 3 heteroatoms. The van der Waals surface area contributed by atoms with E-state index in [9.17, 15) is 0 Å². The highest BCUT2D eigenvalue weighted by Gasteiger charge is 2.52. The van der Waals surface area contributed by atoms with E-state index in [0.717, 1.165) is 61.6 Å². The van der Waals surface area contributed by atoms with Crippen LogP contribution in [-0.2, 0) is 10.8 Å². The molecule has 0 saturated heterocycles. The number of ether oxygens (including phenoxy) is 1. The Morgan fingerprint density at radius 3 is 1.82 bits per heavy atom. The van der Waals surface area contributed by atoms with E-state index < -0.39 is 5.41 Å². The van der Waals surface area contributed by atoms with E-state index in [0.29, 0.717) is 0 Å². The first-order valence-corrected chi connectivity index (χ1v) is 19.1. The van der Waals surface area contributed by atoms with Crippen LogP contribution < -0.4 is 9.64 Å². The third-order valence-electron chi connectivity index (χ3n) is 12.5. The predicted molar refractivity (Wildman–Crippen MR) is 223 cm³/mol. The van der Waals surface area contributed by atoms with Gasteiger partial charge >= 0.3 is 0 Å². The second kappa shape index (κ2) is 10.9. The Hall–Kier alpha value is -6.84. The van der Waals surface area contributed by atoms with Crippen LogP contribution in [-0.4, -0.2) is 0 Å². The van der Waals surface area contributed by atoms with Crippen molar-refractivity contribution in [3.05, 3.63) is 209 Å². The third-order valence-corrected chi connectivity index (χ3v) is 12.5. The molecule has 2 heterocycles. The molecule has 0 unspecified atom stereocenters. The van der Waals surface area contributed by atoms with Crippen LogP contribution in [0.1, 0.15) is 47.2 Å². The number of anilines is 3. The molecule has 0 N–H and O–H groups in total. The zero-order chi connectivity index (χ0) is 36.5. The van der Waals surface area contributed by atoms with Crippen LogP contribution in [0.5, 0.6) is 11.5 Å². The van der Waals surface area contributed by atoms with Gasteiger partial charge in [-0.15, -0.1) is 0 Å². The molecule has 2 aliphatic carbocycles. The molecule has 0 fully saturated rings. The van der Waals surface area contributed by atoms with Crippen molar-refractivity contribution in [2.24, 2.45) is 0 Å². The molecule has 1 aliphatic heterocycles. The number of furan rings is 1. The number of hydrogen-bond acceptors (Lipinski definition) is 3. The van der Waals surface area contributed by atoms with Crippen LogP contribution in [0.3, 0.4) is 0 Å². The summed E-state index contributed by atoms with van der Waals surface area (Å²) in [5, 5.41) is 2.21. The molecule has 0 radical (unpaired) electrons. The summed E-state index contributed by atoms with van der Waals surface area (Å²) in [6.07, 6.45) is 0. The van der Waals surface area contributed by atoms with Gasteiger partial charge in [0, 0.05) is 38.6 Å². The lowest BCUT2D eigenvalue weighted by molar-refractivity contribution is 0.436. The molecular formula is C52H35NO2. The number of fused-ring (bicyclic) bond motifs is 15. The first kappa shape index (κ1) is 30.6. The summed E-state index contributed by atoms with van der Waals surface area (Å²) in [6, 6.07) is 63.8. The summed E-state index contributed by atoms with van der Waals surface area (Å²) >= 11 is 0. The van der Waals surface area contributed by atoms with Gasteiger partial charge in [-0.25, -0.2) is 0 Å². The van der Waals surface area contributed by atoms with Gasteiger partial charge in [0.25, 0.3) is 0 Å². The molecule has 0 amide bonds. The molecule has 9 aromatic rings. The van der Waals surface area contributed by atoms with Gasteiger partial charge in [-0.3, -0.25) is 0 Å². The lowest BCUT2D eigenvalue weighted by Gasteiger charge is -2.39. The maximum Gasteiger partial charge on any atom is 0.159 e. The van der Waals surface area contributed by atoms with Crippen molar-refractivity contribution < 1.29 is 9.15 Å². The van der Waals surface area contributed by atoms with Crippen molar-refractivity contribution in [3.63, 3.8) is 0 Å². The average molecular weight is 706 g/mol. The Balaban J connectivity index is 1.19. The van der Waals surface area contributed by atoms with Gasteiger partial charge in [0.15, 0.2) is 5.58 Å². The quantitative estimate of drug-likeness (QED) is 0.183. The van der Waals surface area contributed by atoms with Crippen LogP contribution in [0.4, 0.5) is 17.1 Å². The van der Waals surface area contributed by atoms with Crippen LogP contribution in [0.15, 0.2) is 180 Å². The summed E-state index contributed by atoms with van der Waals surface area (Å²) in [4.78, 5) is 2.45. The van der Waals surface area contributed by atoms with Crippen LogP contribution in [0.2, 0.25) is 0 Å². The van der Waals surface area contributed by atoms with Crippen molar-refractivity contribution >= 4 is 39.0 Å². The molecule has 1 aromatic heterocycles. The smallest absolute Gasteiger partial charge is 0.159 e. The Bertz CT molecular complexity index is 3030. The highest BCUT2D eigenvalue weighted by atomic mass is 16.5. The molecule has 3 nitrogen and oxygen atoms in total. The molecule has 0 saturated carbocycles. The number of nitrogens with zero attached hydrogens (tertiary/aromatic N) is 1. The Morgan fingerprint density at radius 1 is 0.436 bits per heavy atom. The zero-order valence-corrected chi connectivity index (χ0v) is 30.5. The monoisotopic (exact) mass is 705 g/mol. The van der Waals surface area contributed by atoms with Gasteiger partial charge in [0.05, 0.1) is 16.8 Å². The summed E-state index contributed by atoms with van der Waals surface area (Å²) in [5.41, 5.74) is 16.7. The molecule has 3 aliphatic rings. The van der Waals surface area contributed by atoms with Crippen LogP contribution in [0, 0.1) is 0 Å². The summed E-state index contributed by atoms with van der Waals surface area (Å²) in [7, 11) is 0. The van der Waals surface area contributed by atoms with E-state index in [2.05, 4.69) is 189 Å².